The molecule has 1 heterocycles. The summed E-state index contributed by atoms with van der Waals surface area (Å²) >= 11 is 3.48. The Labute approximate surface area is 181 Å². The van der Waals surface area contributed by atoms with Gasteiger partial charge in [0.1, 0.15) is 11.5 Å². The van der Waals surface area contributed by atoms with E-state index < -0.39 is 5.82 Å². The fraction of sp³-hybridized carbons (Fsp3) is 0.300. The molecule has 0 radical (unpaired) electrons. The van der Waals surface area contributed by atoms with Gasteiger partial charge in [-0.2, -0.15) is 4.68 Å². The largest absolute Gasteiger partial charge is 0.490 e. The van der Waals surface area contributed by atoms with Crippen molar-refractivity contribution in [1.82, 2.24) is 20.2 Å². The molecule has 0 saturated carbocycles. The molecule has 3 rings (SSSR count). The van der Waals surface area contributed by atoms with Crippen LogP contribution >= 0.6 is 15.9 Å². The van der Waals surface area contributed by atoms with Gasteiger partial charge >= 0.3 is 0 Å². The lowest BCUT2D eigenvalue weighted by atomic mass is 10.1. The lowest BCUT2D eigenvalue weighted by molar-refractivity contribution is -0.115. The summed E-state index contributed by atoms with van der Waals surface area (Å²) in [6.45, 7) is 6.40. The van der Waals surface area contributed by atoms with Crippen molar-refractivity contribution in [2.45, 2.75) is 27.2 Å². The highest BCUT2D eigenvalue weighted by molar-refractivity contribution is 9.10. The number of hydrogen-bond donors (Lipinski definition) is 1. The molecule has 2 aromatic carbocycles. The lowest BCUT2D eigenvalue weighted by Gasteiger charge is -2.14. The van der Waals surface area contributed by atoms with E-state index in [4.69, 9.17) is 9.47 Å². The molecule has 0 aliphatic carbocycles. The van der Waals surface area contributed by atoms with E-state index >= 15 is 0 Å². The molecule has 1 aromatic heterocycles. The zero-order valence-corrected chi connectivity index (χ0v) is 18.4. The van der Waals surface area contributed by atoms with Crippen molar-refractivity contribution in [3.63, 3.8) is 0 Å². The van der Waals surface area contributed by atoms with Gasteiger partial charge in [-0.1, -0.05) is 15.9 Å². The number of halogens is 2. The highest BCUT2D eigenvalue weighted by Gasteiger charge is 2.15. The molecule has 0 fully saturated rings. The first-order chi connectivity index (χ1) is 14.4. The number of amides is 1. The number of nitrogens with one attached hydrogen (secondary N) is 1. The second-order valence-electron chi connectivity index (χ2n) is 6.29. The minimum absolute atomic E-state index is 0.0870. The second kappa shape index (κ2) is 9.66. The third kappa shape index (κ3) is 4.93. The summed E-state index contributed by atoms with van der Waals surface area (Å²) in [7, 11) is 0. The number of nitrogens with zero attached hydrogens (tertiary/aromatic N) is 4. The van der Waals surface area contributed by atoms with Crippen LogP contribution < -0.4 is 14.8 Å². The first kappa shape index (κ1) is 21.7. The van der Waals surface area contributed by atoms with E-state index in [1.165, 1.54) is 22.9 Å². The van der Waals surface area contributed by atoms with Gasteiger partial charge < -0.3 is 14.8 Å². The summed E-state index contributed by atoms with van der Waals surface area (Å²) in [5.41, 5.74) is 1.31. The number of anilines is 1. The van der Waals surface area contributed by atoms with Crippen LogP contribution in [0.4, 0.5) is 10.1 Å². The van der Waals surface area contributed by atoms with Crippen molar-refractivity contribution in [3.05, 3.63) is 52.0 Å². The van der Waals surface area contributed by atoms with Gasteiger partial charge in [0.05, 0.1) is 19.6 Å². The van der Waals surface area contributed by atoms with Gasteiger partial charge in [0.25, 0.3) is 0 Å². The maximum Gasteiger partial charge on any atom is 0.228 e. The molecular weight excluding hydrogens is 457 g/mol. The molecule has 0 atom stereocenters. The van der Waals surface area contributed by atoms with Gasteiger partial charge in [0.15, 0.2) is 17.3 Å². The van der Waals surface area contributed by atoms with Gasteiger partial charge in [-0.25, -0.2) is 4.39 Å². The molecule has 8 nitrogen and oxygen atoms in total. The average Bonchev–Trinajstić information content (AvgIpc) is 3.13. The number of tetrazole rings is 1. The number of rotatable bonds is 8. The van der Waals surface area contributed by atoms with Crippen LogP contribution in [0.3, 0.4) is 0 Å². The Kier molecular flexibility index (Phi) is 6.99. The van der Waals surface area contributed by atoms with E-state index in [9.17, 15) is 9.18 Å². The predicted octanol–water partition coefficient (Wildman–Crippen LogP) is 3.85. The van der Waals surface area contributed by atoms with Crippen LogP contribution in [-0.4, -0.2) is 39.3 Å². The van der Waals surface area contributed by atoms with Crippen LogP contribution in [0.2, 0.25) is 0 Å². The van der Waals surface area contributed by atoms with Crippen LogP contribution in [0.25, 0.3) is 5.69 Å². The standard InChI is InChI=1S/C20H21BrFN5O3/c1-4-29-18-8-13(15(21)11-19(18)30-5-2)9-20(28)23-14-6-7-16(22)17(10-14)27-12(3)24-25-26-27/h6-8,10-11H,4-5,9H2,1-3H3,(H,23,28). The molecule has 1 N–H and O–H groups in total. The number of carbonyl (C=O) groups is 1. The lowest BCUT2D eigenvalue weighted by Crippen LogP contribution is -2.15. The Balaban J connectivity index is 1.79. The maximum atomic E-state index is 14.2. The second-order valence-corrected chi connectivity index (χ2v) is 7.14. The van der Waals surface area contributed by atoms with E-state index in [0.29, 0.717) is 36.2 Å². The number of benzene rings is 2. The smallest absolute Gasteiger partial charge is 0.228 e. The number of aryl methyl sites for hydroxylation is 1. The Morgan fingerprint density at radius 1 is 1.17 bits per heavy atom. The summed E-state index contributed by atoms with van der Waals surface area (Å²) in [4.78, 5) is 12.6. The fourth-order valence-electron chi connectivity index (χ4n) is 2.83. The summed E-state index contributed by atoms with van der Waals surface area (Å²) in [5.74, 6) is 0.838. The van der Waals surface area contributed by atoms with Crippen LogP contribution in [0.5, 0.6) is 11.5 Å². The van der Waals surface area contributed by atoms with Crippen molar-refractivity contribution >= 4 is 27.5 Å². The molecule has 1 amide bonds. The van der Waals surface area contributed by atoms with Crippen LogP contribution in [0, 0.1) is 12.7 Å². The Morgan fingerprint density at radius 2 is 1.87 bits per heavy atom. The molecule has 0 saturated heterocycles. The van der Waals surface area contributed by atoms with Crippen molar-refractivity contribution in [2.75, 3.05) is 18.5 Å². The fourth-order valence-corrected chi connectivity index (χ4v) is 3.30. The molecule has 0 aliphatic rings. The third-order valence-electron chi connectivity index (χ3n) is 4.15. The van der Waals surface area contributed by atoms with E-state index in [1.54, 1.807) is 19.1 Å². The molecule has 0 aliphatic heterocycles. The first-order valence-corrected chi connectivity index (χ1v) is 10.1. The Hall–Kier alpha value is -3.01. The minimum atomic E-state index is -0.501. The van der Waals surface area contributed by atoms with Crippen molar-refractivity contribution in [2.24, 2.45) is 0 Å². The van der Waals surface area contributed by atoms with Crippen LogP contribution in [-0.2, 0) is 11.2 Å². The van der Waals surface area contributed by atoms with Gasteiger partial charge in [-0.3, -0.25) is 4.79 Å². The normalized spacial score (nSPS) is 10.7. The highest BCUT2D eigenvalue weighted by atomic mass is 79.9. The van der Waals surface area contributed by atoms with Gasteiger partial charge in [-0.05, 0) is 67.1 Å². The average molecular weight is 478 g/mol. The molecule has 0 bridgehead atoms. The SMILES string of the molecule is CCOc1cc(Br)c(CC(=O)Nc2ccc(F)c(-n3nnnc3C)c2)cc1OCC. The van der Waals surface area contributed by atoms with E-state index in [2.05, 4.69) is 36.8 Å². The predicted molar refractivity (Wildman–Crippen MR) is 113 cm³/mol. The molecule has 30 heavy (non-hydrogen) atoms. The highest BCUT2D eigenvalue weighted by Crippen LogP contribution is 2.34. The molecule has 3 aromatic rings. The van der Waals surface area contributed by atoms with E-state index in [-0.39, 0.29) is 18.0 Å². The van der Waals surface area contributed by atoms with Crippen LogP contribution in [0.1, 0.15) is 25.2 Å². The first-order valence-electron chi connectivity index (χ1n) is 9.35. The summed E-state index contributed by atoms with van der Waals surface area (Å²) in [6, 6.07) is 7.78. The third-order valence-corrected chi connectivity index (χ3v) is 4.89. The molecular formula is C20H21BrFN5O3. The summed E-state index contributed by atoms with van der Waals surface area (Å²) in [6.07, 6.45) is 0.0870. The maximum absolute atomic E-state index is 14.2. The van der Waals surface area contributed by atoms with E-state index in [1.807, 2.05) is 13.8 Å². The van der Waals surface area contributed by atoms with Gasteiger partial charge in [0.2, 0.25) is 5.91 Å². The zero-order chi connectivity index (χ0) is 21.7. The molecule has 10 heteroatoms. The summed E-state index contributed by atoms with van der Waals surface area (Å²) in [5, 5.41) is 13.8. The molecule has 0 spiro atoms. The topological polar surface area (TPSA) is 91.2 Å². The molecule has 0 unspecified atom stereocenters. The van der Waals surface area contributed by atoms with E-state index in [0.717, 1.165) is 10.0 Å². The van der Waals surface area contributed by atoms with Gasteiger partial charge in [-0.15, -0.1) is 5.10 Å². The number of carbonyl (C=O) groups excluding carboxylic acids is 1. The quantitative estimate of drug-likeness (QED) is 0.529. The minimum Gasteiger partial charge on any atom is -0.490 e. The van der Waals surface area contributed by atoms with Crippen molar-refractivity contribution in [1.29, 1.82) is 0 Å². The van der Waals surface area contributed by atoms with Crippen LogP contribution in [0.15, 0.2) is 34.8 Å². The zero-order valence-electron chi connectivity index (χ0n) is 16.8. The van der Waals surface area contributed by atoms with Gasteiger partial charge in [0, 0.05) is 10.2 Å². The summed E-state index contributed by atoms with van der Waals surface area (Å²) < 4.78 is 27.4. The monoisotopic (exact) mass is 477 g/mol. The Bertz CT molecular complexity index is 1060. The van der Waals surface area contributed by atoms with Crippen molar-refractivity contribution in [3.8, 4) is 17.2 Å². The number of aromatic nitrogens is 4. The number of ether oxygens (including phenoxy) is 2. The molecule has 158 valence electrons. The Morgan fingerprint density at radius 3 is 2.50 bits per heavy atom. The number of hydrogen-bond acceptors (Lipinski definition) is 6. The van der Waals surface area contributed by atoms with Crippen molar-refractivity contribution < 1.29 is 18.7 Å².